The van der Waals surface area contributed by atoms with Crippen LogP contribution in [0.25, 0.3) is 0 Å². The highest BCUT2D eigenvalue weighted by molar-refractivity contribution is 5.18. The summed E-state index contributed by atoms with van der Waals surface area (Å²) in [6.07, 6.45) is 1.17. The Labute approximate surface area is 124 Å². The van der Waals surface area contributed by atoms with Gasteiger partial charge in [-0.25, -0.2) is 0 Å². The van der Waals surface area contributed by atoms with Crippen LogP contribution in [0.15, 0.2) is 30.3 Å². The van der Waals surface area contributed by atoms with Crippen LogP contribution < -0.4 is 5.32 Å². The lowest BCUT2D eigenvalue weighted by molar-refractivity contribution is 0.0579. The average Bonchev–Trinajstić information content (AvgIpc) is 2.46. The van der Waals surface area contributed by atoms with Gasteiger partial charge in [-0.15, -0.1) is 0 Å². The van der Waals surface area contributed by atoms with Crippen molar-refractivity contribution in [2.75, 3.05) is 33.7 Å². The van der Waals surface area contributed by atoms with Crippen LogP contribution in [0, 0.1) is 0 Å². The highest BCUT2D eigenvalue weighted by Gasteiger charge is 2.26. The number of benzene rings is 1. The van der Waals surface area contributed by atoms with E-state index in [-0.39, 0.29) is 0 Å². The standard InChI is InChI=1S/C17H29N3/c1-14-12-20(13-15(2)19(14)4)11-10-17(18-3)16-8-6-5-7-9-16/h5-9,14-15,17-18H,10-13H2,1-4H3. The van der Waals surface area contributed by atoms with Crippen LogP contribution in [-0.4, -0.2) is 55.6 Å². The van der Waals surface area contributed by atoms with Crippen LogP contribution in [0.3, 0.4) is 0 Å². The monoisotopic (exact) mass is 275 g/mol. The summed E-state index contributed by atoms with van der Waals surface area (Å²) in [6.45, 7) is 8.20. The van der Waals surface area contributed by atoms with E-state index in [1.807, 2.05) is 0 Å². The van der Waals surface area contributed by atoms with Crippen molar-refractivity contribution in [3.8, 4) is 0 Å². The summed E-state index contributed by atoms with van der Waals surface area (Å²) in [5, 5.41) is 3.45. The topological polar surface area (TPSA) is 18.5 Å². The van der Waals surface area contributed by atoms with Gasteiger partial charge in [0.1, 0.15) is 0 Å². The first-order valence-electron chi connectivity index (χ1n) is 7.78. The zero-order valence-corrected chi connectivity index (χ0v) is 13.3. The van der Waals surface area contributed by atoms with Gasteiger partial charge < -0.3 is 10.2 Å². The smallest absolute Gasteiger partial charge is 0.0329 e. The molecule has 0 amide bonds. The third-order valence-electron chi connectivity index (χ3n) is 4.72. The number of nitrogens with one attached hydrogen (secondary N) is 1. The second-order valence-electron chi connectivity index (χ2n) is 6.16. The van der Waals surface area contributed by atoms with Crippen LogP contribution in [0.2, 0.25) is 0 Å². The molecule has 3 unspecified atom stereocenters. The molecule has 2 rings (SSSR count). The lowest BCUT2D eigenvalue weighted by Crippen LogP contribution is -2.55. The van der Waals surface area contributed by atoms with E-state index in [0.717, 1.165) is 0 Å². The van der Waals surface area contributed by atoms with Crippen LogP contribution in [0.1, 0.15) is 31.9 Å². The minimum Gasteiger partial charge on any atom is -0.313 e. The third kappa shape index (κ3) is 3.81. The fourth-order valence-electron chi connectivity index (χ4n) is 3.17. The van der Waals surface area contributed by atoms with Crippen LogP contribution in [0.5, 0.6) is 0 Å². The van der Waals surface area contributed by atoms with Gasteiger partial charge in [-0.2, -0.15) is 0 Å². The Hall–Kier alpha value is -0.900. The maximum Gasteiger partial charge on any atom is 0.0329 e. The van der Waals surface area contributed by atoms with Crippen molar-refractivity contribution in [2.45, 2.75) is 38.4 Å². The van der Waals surface area contributed by atoms with Gasteiger partial charge in [-0.05, 0) is 39.9 Å². The number of nitrogens with zero attached hydrogens (tertiary/aromatic N) is 2. The van der Waals surface area contributed by atoms with E-state index in [2.05, 4.69) is 73.4 Å². The van der Waals surface area contributed by atoms with Gasteiger partial charge in [0.25, 0.3) is 0 Å². The van der Waals surface area contributed by atoms with Crippen LogP contribution in [-0.2, 0) is 0 Å². The first kappa shape index (κ1) is 15.5. The van der Waals surface area contributed by atoms with Gasteiger partial charge >= 0.3 is 0 Å². The first-order valence-corrected chi connectivity index (χ1v) is 7.78. The van der Waals surface area contributed by atoms with E-state index in [1.54, 1.807) is 0 Å². The maximum atomic E-state index is 3.45. The quantitative estimate of drug-likeness (QED) is 0.890. The van der Waals surface area contributed by atoms with E-state index < -0.39 is 0 Å². The van der Waals surface area contributed by atoms with Crippen molar-refractivity contribution in [3.63, 3.8) is 0 Å². The van der Waals surface area contributed by atoms with Gasteiger partial charge in [0, 0.05) is 37.8 Å². The molecular weight excluding hydrogens is 246 g/mol. The number of piperazine rings is 1. The molecule has 1 aromatic carbocycles. The molecule has 1 saturated heterocycles. The van der Waals surface area contributed by atoms with Crippen molar-refractivity contribution < 1.29 is 0 Å². The molecule has 0 bridgehead atoms. The summed E-state index contributed by atoms with van der Waals surface area (Å²) in [6, 6.07) is 12.5. The summed E-state index contributed by atoms with van der Waals surface area (Å²) in [7, 11) is 4.31. The highest BCUT2D eigenvalue weighted by atomic mass is 15.3. The molecule has 3 nitrogen and oxygen atoms in total. The minimum absolute atomic E-state index is 0.460. The maximum absolute atomic E-state index is 3.45. The number of likely N-dealkylation sites (N-methyl/N-ethyl adjacent to an activating group) is 1. The minimum atomic E-state index is 0.460. The molecule has 0 radical (unpaired) electrons. The predicted octanol–water partition coefficient (Wildman–Crippen LogP) is 2.36. The van der Waals surface area contributed by atoms with Gasteiger partial charge in [0.05, 0.1) is 0 Å². The summed E-state index contributed by atoms with van der Waals surface area (Å²) in [4.78, 5) is 5.10. The lowest BCUT2D eigenvalue weighted by Gasteiger charge is -2.42. The molecule has 1 fully saturated rings. The molecule has 20 heavy (non-hydrogen) atoms. The van der Waals surface area contributed by atoms with Crippen LogP contribution in [0.4, 0.5) is 0 Å². The fraction of sp³-hybridized carbons (Fsp3) is 0.647. The largest absolute Gasteiger partial charge is 0.313 e. The molecular formula is C17H29N3. The van der Waals surface area contributed by atoms with Crippen molar-refractivity contribution in [1.29, 1.82) is 0 Å². The van der Waals surface area contributed by atoms with Crippen molar-refractivity contribution >= 4 is 0 Å². The second-order valence-corrected chi connectivity index (χ2v) is 6.16. The molecule has 0 aliphatic carbocycles. The molecule has 112 valence electrons. The molecule has 1 aliphatic heterocycles. The molecule has 0 spiro atoms. The zero-order valence-electron chi connectivity index (χ0n) is 13.3. The Morgan fingerprint density at radius 3 is 2.30 bits per heavy atom. The van der Waals surface area contributed by atoms with E-state index in [1.165, 1.54) is 31.6 Å². The van der Waals surface area contributed by atoms with E-state index >= 15 is 0 Å². The molecule has 0 aromatic heterocycles. The van der Waals surface area contributed by atoms with Crippen molar-refractivity contribution in [3.05, 3.63) is 35.9 Å². The molecule has 1 aromatic rings. The Morgan fingerprint density at radius 1 is 1.15 bits per heavy atom. The predicted molar refractivity (Wildman–Crippen MR) is 86.0 cm³/mol. The van der Waals surface area contributed by atoms with E-state index in [4.69, 9.17) is 0 Å². The second kappa shape index (κ2) is 7.21. The highest BCUT2D eigenvalue weighted by Crippen LogP contribution is 2.19. The molecule has 1 heterocycles. The van der Waals surface area contributed by atoms with Crippen LogP contribution >= 0.6 is 0 Å². The number of hydrogen-bond donors (Lipinski definition) is 1. The molecule has 0 saturated carbocycles. The molecule has 1 aliphatic rings. The summed E-state index contributed by atoms with van der Waals surface area (Å²) < 4.78 is 0. The van der Waals surface area contributed by atoms with Crippen molar-refractivity contribution in [1.82, 2.24) is 15.1 Å². The van der Waals surface area contributed by atoms with E-state index in [0.29, 0.717) is 18.1 Å². The summed E-state index contributed by atoms with van der Waals surface area (Å²) in [5.74, 6) is 0. The van der Waals surface area contributed by atoms with Gasteiger partial charge in [-0.3, -0.25) is 4.90 Å². The van der Waals surface area contributed by atoms with Crippen molar-refractivity contribution in [2.24, 2.45) is 0 Å². The summed E-state index contributed by atoms with van der Waals surface area (Å²) in [5.41, 5.74) is 1.39. The van der Waals surface area contributed by atoms with Gasteiger partial charge in [-0.1, -0.05) is 30.3 Å². The normalized spacial score (nSPS) is 26.6. The average molecular weight is 275 g/mol. The van der Waals surface area contributed by atoms with Gasteiger partial charge in [0.2, 0.25) is 0 Å². The fourth-order valence-corrected chi connectivity index (χ4v) is 3.17. The third-order valence-corrected chi connectivity index (χ3v) is 4.72. The molecule has 3 atom stereocenters. The Bertz CT molecular complexity index is 380. The Morgan fingerprint density at radius 2 is 1.75 bits per heavy atom. The summed E-state index contributed by atoms with van der Waals surface area (Å²) >= 11 is 0. The van der Waals surface area contributed by atoms with Gasteiger partial charge in [0.15, 0.2) is 0 Å². The molecule has 1 N–H and O–H groups in total. The Balaban J connectivity index is 1.88. The Kier molecular flexibility index (Phi) is 5.58. The van der Waals surface area contributed by atoms with E-state index in [9.17, 15) is 0 Å². The molecule has 3 heteroatoms. The zero-order chi connectivity index (χ0) is 14.5. The number of hydrogen-bond acceptors (Lipinski definition) is 3. The SMILES string of the molecule is CNC(CCN1CC(C)N(C)C(C)C1)c1ccccc1. The lowest BCUT2D eigenvalue weighted by atomic mass is 10.0. The number of rotatable bonds is 5. The first-order chi connectivity index (χ1) is 9.61.